The monoisotopic (exact) mass is 297 g/mol. The molecule has 0 fully saturated rings. The Hall–Kier alpha value is -1.44. The van der Waals surface area contributed by atoms with Gasteiger partial charge in [-0.25, -0.2) is 13.4 Å². The lowest BCUT2D eigenvalue weighted by molar-refractivity contribution is 0.601. The number of benzene rings is 1. The smallest absolute Gasteiger partial charge is 0.263 e. The molecule has 0 aliphatic heterocycles. The summed E-state index contributed by atoms with van der Waals surface area (Å²) >= 11 is 1.27. The first-order chi connectivity index (χ1) is 9.01. The van der Waals surface area contributed by atoms with E-state index in [9.17, 15) is 8.42 Å². The Morgan fingerprint density at radius 1 is 1.26 bits per heavy atom. The van der Waals surface area contributed by atoms with Crippen molar-refractivity contribution in [1.29, 1.82) is 0 Å². The molecule has 0 unspecified atom stereocenters. The van der Waals surface area contributed by atoms with Gasteiger partial charge in [0.15, 0.2) is 5.13 Å². The number of sulfonamides is 1. The number of nitrogens with zero attached hydrogens (tertiary/aromatic N) is 1. The lowest BCUT2D eigenvalue weighted by Gasteiger charge is -2.06. The van der Waals surface area contributed by atoms with Crippen LogP contribution < -0.4 is 10.0 Å². The topological polar surface area (TPSA) is 71.1 Å². The van der Waals surface area contributed by atoms with E-state index in [-0.39, 0.29) is 4.90 Å². The highest BCUT2D eigenvalue weighted by atomic mass is 32.2. The maximum atomic E-state index is 12.1. The van der Waals surface area contributed by atoms with Gasteiger partial charge in [0.25, 0.3) is 10.0 Å². The maximum absolute atomic E-state index is 12.1. The van der Waals surface area contributed by atoms with Gasteiger partial charge in [-0.2, -0.15) is 0 Å². The summed E-state index contributed by atoms with van der Waals surface area (Å²) in [6.45, 7) is 2.53. The lowest BCUT2D eigenvalue weighted by atomic mass is 10.2. The summed E-state index contributed by atoms with van der Waals surface area (Å²) in [5, 5.41) is 5.20. The van der Waals surface area contributed by atoms with Gasteiger partial charge in [-0.3, -0.25) is 4.72 Å². The van der Waals surface area contributed by atoms with E-state index >= 15 is 0 Å². The normalized spacial score (nSPS) is 11.5. The average molecular weight is 297 g/mol. The minimum atomic E-state index is -3.55. The lowest BCUT2D eigenvalue weighted by Crippen LogP contribution is -2.13. The Bertz CT molecular complexity index is 648. The molecule has 1 aromatic carbocycles. The summed E-state index contributed by atoms with van der Waals surface area (Å²) in [5.74, 6) is 0. The van der Waals surface area contributed by atoms with Gasteiger partial charge in [0.2, 0.25) is 0 Å². The van der Waals surface area contributed by atoms with Crippen LogP contribution in [0.15, 0.2) is 34.5 Å². The standard InChI is InChI=1S/C12H15N3O2S2/c1-9-8-18-12(14-9)15-19(16,17)11-5-3-10(4-6-11)7-13-2/h3-6,8,13H,7H2,1-2H3,(H,14,15). The van der Waals surface area contributed by atoms with Crippen molar-refractivity contribution in [2.45, 2.75) is 18.4 Å². The number of nitrogens with one attached hydrogen (secondary N) is 2. The van der Waals surface area contributed by atoms with E-state index in [0.717, 1.165) is 11.3 Å². The van der Waals surface area contributed by atoms with E-state index < -0.39 is 10.0 Å². The molecule has 5 nitrogen and oxygen atoms in total. The Morgan fingerprint density at radius 2 is 1.95 bits per heavy atom. The van der Waals surface area contributed by atoms with E-state index in [0.29, 0.717) is 11.7 Å². The molecule has 0 bridgehead atoms. The minimum absolute atomic E-state index is 0.236. The molecule has 1 aromatic heterocycles. The fourth-order valence-corrected chi connectivity index (χ4v) is 3.51. The highest BCUT2D eigenvalue weighted by molar-refractivity contribution is 7.93. The van der Waals surface area contributed by atoms with Crippen LogP contribution in [0.25, 0.3) is 0 Å². The summed E-state index contributed by atoms with van der Waals surface area (Å²) in [7, 11) is -1.71. The Balaban J connectivity index is 2.19. The van der Waals surface area contributed by atoms with E-state index in [1.54, 1.807) is 29.6 Å². The van der Waals surface area contributed by atoms with E-state index in [2.05, 4.69) is 15.0 Å². The van der Waals surface area contributed by atoms with Gasteiger partial charge in [0.1, 0.15) is 0 Å². The van der Waals surface area contributed by atoms with Crippen LogP contribution >= 0.6 is 11.3 Å². The average Bonchev–Trinajstić information content (AvgIpc) is 2.75. The zero-order valence-corrected chi connectivity index (χ0v) is 12.3. The van der Waals surface area contributed by atoms with Crippen LogP contribution in [0.3, 0.4) is 0 Å². The SMILES string of the molecule is CNCc1ccc(S(=O)(=O)Nc2nc(C)cs2)cc1. The zero-order valence-electron chi connectivity index (χ0n) is 10.7. The van der Waals surface area contributed by atoms with Gasteiger partial charge in [-0.15, -0.1) is 11.3 Å². The predicted molar refractivity (Wildman–Crippen MR) is 76.9 cm³/mol. The Morgan fingerprint density at radius 3 is 2.47 bits per heavy atom. The Labute approximate surface area is 116 Å². The Kier molecular flexibility index (Phi) is 4.18. The van der Waals surface area contributed by atoms with Crippen molar-refractivity contribution in [3.8, 4) is 0 Å². The largest absolute Gasteiger partial charge is 0.316 e. The number of hydrogen-bond donors (Lipinski definition) is 2. The fourth-order valence-electron chi connectivity index (χ4n) is 1.57. The van der Waals surface area contributed by atoms with Gasteiger partial charge in [0.05, 0.1) is 10.6 Å². The van der Waals surface area contributed by atoms with Crippen LogP contribution in [0.2, 0.25) is 0 Å². The van der Waals surface area contributed by atoms with Crippen LogP contribution in [0.4, 0.5) is 5.13 Å². The van der Waals surface area contributed by atoms with Crippen molar-refractivity contribution in [1.82, 2.24) is 10.3 Å². The zero-order chi connectivity index (χ0) is 13.9. The van der Waals surface area contributed by atoms with Crippen molar-refractivity contribution < 1.29 is 8.42 Å². The first kappa shape index (κ1) is 14.0. The molecule has 2 N–H and O–H groups in total. The number of anilines is 1. The third-order valence-electron chi connectivity index (χ3n) is 2.46. The number of hydrogen-bond acceptors (Lipinski definition) is 5. The van der Waals surface area contributed by atoms with Gasteiger partial charge in [-0.05, 0) is 31.7 Å². The third-order valence-corrected chi connectivity index (χ3v) is 4.81. The molecule has 0 radical (unpaired) electrons. The molecular weight excluding hydrogens is 282 g/mol. The molecule has 0 saturated carbocycles. The van der Waals surface area contributed by atoms with Crippen LogP contribution in [0.5, 0.6) is 0 Å². The molecule has 7 heteroatoms. The summed E-state index contributed by atoms with van der Waals surface area (Å²) in [5.41, 5.74) is 1.83. The third kappa shape index (κ3) is 3.52. The molecule has 0 spiro atoms. The fraction of sp³-hybridized carbons (Fsp3) is 0.250. The van der Waals surface area contributed by atoms with Gasteiger partial charge >= 0.3 is 0 Å². The molecule has 2 rings (SSSR count). The molecule has 1 heterocycles. The molecule has 0 saturated heterocycles. The number of aromatic nitrogens is 1. The number of thiazole rings is 1. The van der Waals surface area contributed by atoms with E-state index in [1.165, 1.54) is 11.3 Å². The van der Waals surface area contributed by atoms with Gasteiger partial charge in [-0.1, -0.05) is 12.1 Å². The summed E-state index contributed by atoms with van der Waals surface area (Å²) in [6, 6.07) is 6.77. The first-order valence-electron chi connectivity index (χ1n) is 5.70. The number of aryl methyl sites for hydroxylation is 1. The van der Waals surface area contributed by atoms with Gasteiger partial charge in [0, 0.05) is 11.9 Å². The molecule has 0 amide bonds. The molecule has 102 valence electrons. The van der Waals surface area contributed by atoms with Crippen LogP contribution in [0.1, 0.15) is 11.3 Å². The second-order valence-electron chi connectivity index (χ2n) is 4.07. The maximum Gasteiger partial charge on any atom is 0.263 e. The minimum Gasteiger partial charge on any atom is -0.316 e. The van der Waals surface area contributed by atoms with Crippen LogP contribution in [0, 0.1) is 6.92 Å². The second kappa shape index (κ2) is 5.68. The molecular formula is C12H15N3O2S2. The highest BCUT2D eigenvalue weighted by Gasteiger charge is 2.15. The van der Waals surface area contributed by atoms with E-state index in [4.69, 9.17) is 0 Å². The summed E-state index contributed by atoms with van der Waals surface area (Å²) < 4.78 is 26.7. The second-order valence-corrected chi connectivity index (χ2v) is 6.61. The summed E-state index contributed by atoms with van der Waals surface area (Å²) in [4.78, 5) is 4.32. The quantitative estimate of drug-likeness (QED) is 0.885. The summed E-state index contributed by atoms with van der Waals surface area (Å²) in [6.07, 6.45) is 0. The van der Waals surface area contributed by atoms with Crippen molar-refractivity contribution in [2.75, 3.05) is 11.8 Å². The van der Waals surface area contributed by atoms with Crippen molar-refractivity contribution in [3.05, 3.63) is 40.9 Å². The molecule has 0 atom stereocenters. The van der Waals surface area contributed by atoms with Crippen LogP contribution in [-0.4, -0.2) is 20.4 Å². The van der Waals surface area contributed by atoms with Crippen molar-refractivity contribution in [3.63, 3.8) is 0 Å². The molecule has 0 aliphatic carbocycles. The molecule has 19 heavy (non-hydrogen) atoms. The first-order valence-corrected chi connectivity index (χ1v) is 8.06. The van der Waals surface area contributed by atoms with E-state index in [1.807, 2.05) is 14.0 Å². The van der Waals surface area contributed by atoms with Gasteiger partial charge < -0.3 is 5.32 Å². The number of rotatable bonds is 5. The predicted octanol–water partition coefficient (Wildman–Crippen LogP) is 1.97. The molecule has 0 aliphatic rings. The molecule has 2 aromatic rings. The van der Waals surface area contributed by atoms with Crippen molar-refractivity contribution in [2.24, 2.45) is 0 Å². The highest BCUT2D eigenvalue weighted by Crippen LogP contribution is 2.20. The van der Waals surface area contributed by atoms with Crippen LogP contribution in [-0.2, 0) is 16.6 Å². The van der Waals surface area contributed by atoms with Crippen molar-refractivity contribution >= 4 is 26.5 Å².